The van der Waals surface area contributed by atoms with E-state index in [1.165, 1.54) is 0 Å². The molecule has 0 fully saturated rings. The molecule has 0 bridgehead atoms. The maximum Gasteiger partial charge on any atom is 0.248 e. The minimum absolute atomic E-state index is 0.389. The molecule has 2 aromatic heterocycles. The topological polar surface area (TPSA) is 69.6 Å². The van der Waals surface area contributed by atoms with Crippen LogP contribution in [0.1, 0.15) is 5.89 Å². The molecule has 0 N–H and O–H groups in total. The summed E-state index contributed by atoms with van der Waals surface area (Å²) in [4.78, 5) is 4.39. The van der Waals surface area contributed by atoms with E-state index in [9.17, 15) is 0 Å². The van der Waals surface area contributed by atoms with Gasteiger partial charge in [-0.05, 0) is 0 Å². The highest BCUT2D eigenvalue weighted by atomic mass is 16.5. The zero-order valence-electron chi connectivity index (χ0n) is 12.2. The van der Waals surface area contributed by atoms with Crippen molar-refractivity contribution in [3.8, 4) is 22.6 Å². The summed E-state index contributed by atoms with van der Waals surface area (Å²) < 4.78 is 6.97. The smallest absolute Gasteiger partial charge is 0.248 e. The van der Waals surface area contributed by atoms with Crippen molar-refractivity contribution < 1.29 is 4.52 Å². The minimum Gasteiger partial charge on any atom is -0.337 e. The minimum atomic E-state index is 0.389. The summed E-state index contributed by atoms with van der Waals surface area (Å²) in [5, 5.41) is 12.3. The van der Waals surface area contributed by atoms with Crippen molar-refractivity contribution in [1.82, 2.24) is 25.1 Å². The highest BCUT2D eigenvalue weighted by Crippen LogP contribution is 2.17. The van der Waals surface area contributed by atoms with Crippen LogP contribution in [-0.4, -0.2) is 25.1 Å². The van der Waals surface area contributed by atoms with Crippen LogP contribution in [0.2, 0.25) is 0 Å². The van der Waals surface area contributed by atoms with Gasteiger partial charge in [0.2, 0.25) is 11.7 Å². The standard InChI is InChI=1S/C17H13N5O/c1-3-7-13(8-4-1)15-11-22(21-19-15)12-16-18-17(20-23-16)14-9-5-2-6-10-14/h1-11H,12H2. The van der Waals surface area contributed by atoms with Crippen LogP contribution >= 0.6 is 0 Å². The molecule has 23 heavy (non-hydrogen) atoms. The summed E-state index contributed by atoms with van der Waals surface area (Å²) in [6.45, 7) is 0.389. The molecule has 0 radical (unpaired) electrons. The zero-order chi connectivity index (χ0) is 15.5. The molecular weight excluding hydrogens is 290 g/mol. The van der Waals surface area contributed by atoms with Gasteiger partial charge in [0.05, 0.1) is 6.20 Å². The SMILES string of the molecule is c1ccc(-c2cn(Cc3nc(-c4ccccc4)no3)nn2)cc1. The van der Waals surface area contributed by atoms with Gasteiger partial charge in [-0.3, -0.25) is 0 Å². The fourth-order valence-corrected chi connectivity index (χ4v) is 2.28. The van der Waals surface area contributed by atoms with E-state index >= 15 is 0 Å². The molecule has 0 aliphatic heterocycles. The van der Waals surface area contributed by atoms with E-state index in [1.807, 2.05) is 66.9 Å². The average Bonchev–Trinajstić information content (AvgIpc) is 3.27. The molecule has 0 spiro atoms. The van der Waals surface area contributed by atoms with E-state index in [-0.39, 0.29) is 0 Å². The molecule has 0 saturated carbocycles. The van der Waals surface area contributed by atoms with Crippen molar-refractivity contribution in [3.05, 3.63) is 72.8 Å². The van der Waals surface area contributed by atoms with E-state index < -0.39 is 0 Å². The van der Waals surface area contributed by atoms with Crippen LogP contribution in [0.5, 0.6) is 0 Å². The summed E-state index contributed by atoms with van der Waals surface area (Å²) in [5.74, 6) is 1.07. The van der Waals surface area contributed by atoms with Crippen molar-refractivity contribution in [2.24, 2.45) is 0 Å². The third kappa shape index (κ3) is 2.87. The molecule has 0 unspecified atom stereocenters. The molecule has 2 aromatic carbocycles. The van der Waals surface area contributed by atoms with Gasteiger partial charge in [0.15, 0.2) is 0 Å². The van der Waals surface area contributed by atoms with Crippen LogP contribution < -0.4 is 0 Å². The number of rotatable bonds is 4. The lowest BCUT2D eigenvalue weighted by Gasteiger charge is -1.94. The fourth-order valence-electron chi connectivity index (χ4n) is 2.28. The Hall–Kier alpha value is -3.28. The molecule has 112 valence electrons. The van der Waals surface area contributed by atoms with Crippen LogP contribution in [0.15, 0.2) is 71.4 Å². The molecule has 0 aliphatic rings. The Bertz CT molecular complexity index is 823. The van der Waals surface area contributed by atoms with Crippen molar-refractivity contribution in [2.75, 3.05) is 0 Å². The maximum atomic E-state index is 5.29. The van der Waals surface area contributed by atoms with Gasteiger partial charge in [0.1, 0.15) is 12.2 Å². The lowest BCUT2D eigenvalue weighted by Crippen LogP contribution is -2.00. The largest absolute Gasteiger partial charge is 0.337 e. The number of hydrogen-bond donors (Lipinski definition) is 0. The maximum absolute atomic E-state index is 5.29. The Kier molecular flexibility index (Phi) is 3.40. The molecule has 0 atom stereocenters. The van der Waals surface area contributed by atoms with Gasteiger partial charge < -0.3 is 4.52 Å². The Morgan fingerprint density at radius 3 is 2.30 bits per heavy atom. The van der Waals surface area contributed by atoms with Gasteiger partial charge in [0, 0.05) is 11.1 Å². The van der Waals surface area contributed by atoms with Gasteiger partial charge in [0.25, 0.3) is 0 Å². The van der Waals surface area contributed by atoms with Crippen LogP contribution in [0.4, 0.5) is 0 Å². The highest BCUT2D eigenvalue weighted by Gasteiger charge is 2.10. The van der Waals surface area contributed by atoms with Crippen LogP contribution in [-0.2, 0) is 6.54 Å². The lowest BCUT2D eigenvalue weighted by atomic mass is 10.2. The highest BCUT2D eigenvalue weighted by molar-refractivity contribution is 5.57. The average molecular weight is 303 g/mol. The van der Waals surface area contributed by atoms with Crippen molar-refractivity contribution in [1.29, 1.82) is 0 Å². The molecule has 2 heterocycles. The first kappa shape index (κ1) is 13.4. The number of aromatic nitrogens is 5. The van der Waals surface area contributed by atoms with Gasteiger partial charge in [-0.15, -0.1) is 5.10 Å². The Balaban J connectivity index is 1.53. The molecule has 4 rings (SSSR count). The molecule has 0 saturated heterocycles. The molecule has 0 amide bonds. The molecule has 0 aliphatic carbocycles. The summed E-state index contributed by atoms with van der Waals surface area (Å²) in [5.41, 5.74) is 2.76. The van der Waals surface area contributed by atoms with E-state index in [1.54, 1.807) is 4.68 Å². The Labute approximate surface area is 132 Å². The molecule has 6 heteroatoms. The number of benzene rings is 2. The third-order valence-corrected chi connectivity index (χ3v) is 3.41. The van der Waals surface area contributed by atoms with Gasteiger partial charge in [-0.1, -0.05) is 71.0 Å². The fraction of sp³-hybridized carbons (Fsp3) is 0.0588. The summed E-state index contributed by atoms with van der Waals surface area (Å²) in [6.07, 6.45) is 1.86. The predicted molar refractivity (Wildman–Crippen MR) is 84.3 cm³/mol. The molecule has 6 nitrogen and oxygen atoms in total. The molecule has 4 aromatic rings. The number of hydrogen-bond acceptors (Lipinski definition) is 5. The van der Waals surface area contributed by atoms with Crippen LogP contribution in [0.3, 0.4) is 0 Å². The van der Waals surface area contributed by atoms with Crippen molar-refractivity contribution >= 4 is 0 Å². The van der Waals surface area contributed by atoms with E-state index in [0.717, 1.165) is 16.8 Å². The monoisotopic (exact) mass is 303 g/mol. The summed E-state index contributed by atoms with van der Waals surface area (Å²) in [7, 11) is 0. The zero-order valence-corrected chi connectivity index (χ0v) is 12.2. The lowest BCUT2D eigenvalue weighted by molar-refractivity contribution is 0.364. The second-order valence-electron chi connectivity index (χ2n) is 5.05. The van der Waals surface area contributed by atoms with E-state index in [0.29, 0.717) is 18.3 Å². The quantitative estimate of drug-likeness (QED) is 0.579. The van der Waals surface area contributed by atoms with Crippen molar-refractivity contribution in [3.63, 3.8) is 0 Å². The summed E-state index contributed by atoms with van der Waals surface area (Å²) in [6, 6.07) is 19.6. The molecular formula is C17H13N5O. The second kappa shape index (κ2) is 5.84. The van der Waals surface area contributed by atoms with E-state index in [2.05, 4.69) is 20.5 Å². The first-order valence-corrected chi connectivity index (χ1v) is 7.22. The first-order chi connectivity index (χ1) is 11.4. The van der Waals surface area contributed by atoms with Crippen LogP contribution in [0, 0.1) is 0 Å². The van der Waals surface area contributed by atoms with Gasteiger partial charge >= 0.3 is 0 Å². The number of nitrogens with zero attached hydrogens (tertiary/aromatic N) is 5. The normalized spacial score (nSPS) is 10.8. The Morgan fingerprint density at radius 2 is 1.57 bits per heavy atom. The Morgan fingerprint density at radius 1 is 0.870 bits per heavy atom. The predicted octanol–water partition coefficient (Wildman–Crippen LogP) is 3.04. The second-order valence-corrected chi connectivity index (χ2v) is 5.05. The third-order valence-electron chi connectivity index (χ3n) is 3.41. The van der Waals surface area contributed by atoms with Crippen molar-refractivity contribution in [2.45, 2.75) is 6.54 Å². The first-order valence-electron chi connectivity index (χ1n) is 7.22. The van der Waals surface area contributed by atoms with Gasteiger partial charge in [-0.25, -0.2) is 4.68 Å². The van der Waals surface area contributed by atoms with Gasteiger partial charge in [-0.2, -0.15) is 4.98 Å². The summed E-state index contributed by atoms with van der Waals surface area (Å²) >= 11 is 0. The van der Waals surface area contributed by atoms with Crippen LogP contribution in [0.25, 0.3) is 22.6 Å². The van der Waals surface area contributed by atoms with E-state index in [4.69, 9.17) is 4.52 Å².